The minimum atomic E-state index is -0.268. The van der Waals surface area contributed by atoms with E-state index in [1.165, 1.54) is 12.4 Å². The lowest BCUT2D eigenvalue weighted by atomic mass is 10.2. The van der Waals surface area contributed by atoms with Crippen molar-refractivity contribution < 1.29 is 4.39 Å². The number of aromatic nitrogens is 2. The second kappa shape index (κ2) is 8.40. The van der Waals surface area contributed by atoms with Crippen LogP contribution in [0.25, 0.3) is 12.2 Å². The van der Waals surface area contributed by atoms with Crippen LogP contribution in [0, 0.1) is 0 Å². The number of allylic oxidation sites excluding steroid dienone is 2. The summed E-state index contributed by atoms with van der Waals surface area (Å²) in [6.45, 7) is 5.55. The normalized spacial score (nSPS) is 13.9. The van der Waals surface area contributed by atoms with Crippen molar-refractivity contribution in [3.8, 4) is 0 Å². The standard InChI is InChI=1S/C18H18BrClFN3/c1-4-11(3)16(21)9-13-17(5-2)22-10-23-18(13)24-12-6-7-15(20)14(19)8-12/h5-10H,4H2,1-3H3,(H,22,23,24)/b13-9+,16-11-,17-5+. The molecule has 0 radical (unpaired) electrons. The fourth-order valence-electron chi connectivity index (χ4n) is 2.01. The lowest BCUT2D eigenvalue weighted by molar-refractivity contribution is 0.660. The number of nitrogens with one attached hydrogen (secondary N) is 1. The number of rotatable bonds is 4. The van der Waals surface area contributed by atoms with Gasteiger partial charge in [-0.05, 0) is 66.0 Å². The molecule has 2 aromatic rings. The fraction of sp³-hybridized carbons (Fsp3) is 0.222. The molecule has 2 rings (SSSR count). The van der Waals surface area contributed by atoms with Crippen molar-refractivity contribution in [2.45, 2.75) is 27.2 Å². The van der Waals surface area contributed by atoms with Gasteiger partial charge in [0.1, 0.15) is 18.0 Å². The Hall–Kier alpha value is -1.72. The van der Waals surface area contributed by atoms with Crippen LogP contribution < -0.4 is 15.9 Å². The van der Waals surface area contributed by atoms with Crippen LogP contribution in [0.5, 0.6) is 0 Å². The zero-order valence-electron chi connectivity index (χ0n) is 13.7. The Labute approximate surface area is 154 Å². The van der Waals surface area contributed by atoms with Gasteiger partial charge in [-0.25, -0.2) is 14.4 Å². The van der Waals surface area contributed by atoms with Crippen molar-refractivity contribution in [2.75, 3.05) is 5.32 Å². The van der Waals surface area contributed by atoms with Crippen molar-refractivity contribution in [3.63, 3.8) is 0 Å². The highest BCUT2D eigenvalue weighted by Gasteiger charge is 2.05. The number of anilines is 2. The first-order valence-corrected chi connectivity index (χ1v) is 8.69. The van der Waals surface area contributed by atoms with Crippen LogP contribution in [0.2, 0.25) is 5.02 Å². The third-order valence-electron chi connectivity index (χ3n) is 3.58. The van der Waals surface area contributed by atoms with E-state index >= 15 is 0 Å². The van der Waals surface area contributed by atoms with Gasteiger partial charge in [0.05, 0.1) is 10.4 Å². The Morgan fingerprint density at radius 3 is 2.75 bits per heavy atom. The van der Waals surface area contributed by atoms with Crippen LogP contribution in [0.15, 0.2) is 40.4 Å². The molecule has 0 aliphatic heterocycles. The molecule has 0 spiro atoms. The van der Waals surface area contributed by atoms with Crippen LogP contribution in [0.1, 0.15) is 27.2 Å². The average Bonchev–Trinajstić information content (AvgIpc) is 2.58. The van der Waals surface area contributed by atoms with Crippen LogP contribution >= 0.6 is 27.5 Å². The first kappa shape index (κ1) is 18.6. The smallest absolute Gasteiger partial charge is 0.141 e. The predicted molar refractivity (Wildman–Crippen MR) is 102 cm³/mol. The first-order chi connectivity index (χ1) is 11.5. The van der Waals surface area contributed by atoms with Crippen molar-refractivity contribution >= 4 is 51.2 Å². The van der Waals surface area contributed by atoms with E-state index in [9.17, 15) is 4.39 Å². The molecule has 1 heterocycles. The van der Waals surface area contributed by atoms with Gasteiger partial charge in [0.25, 0.3) is 0 Å². The highest BCUT2D eigenvalue weighted by atomic mass is 79.9. The molecule has 0 bridgehead atoms. The van der Waals surface area contributed by atoms with E-state index in [1.54, 1.807) is 13.0 Å². The molecule has 0 atom stereocenters. The molecule has 126 valence electrons. The zero-order chi connectivity index (χ0) is 17.7. The lowest BCUT2D eigenvalue weighted by Gasteiger charge is -2.08. The Morgan fingerprint density at radius 1 is 1.38 bits per heavy atom. The van der Waals surface area contributed by atoms with Gasteiger partial charge in [-0.2, -0.15) is 0 Å². The van der Waals surface area contributed by atoms with Gasteiger partial charge in [0.2, 0.25) is 0 Å². The molecule has 0 saturated carbocycles. The molecule has 0 fully saturated rings. The SMILES string of the molecule is C/C=c1/ncnc(Nc2ccc(Cl)c(Br)c2)/c1=C/C(F)=C(\C)CC. The maximum absolute atomic E-state index is 14.3. The summed E-state index contributed by atoms with van der Waals surface area (Å²) in [6, 6.07) is 5.44. The second-order valence-corrected chi connectivity index (χ2v) is 6.45. The summed E-state index contributed by atoms with van der Waals surface area (Å²) < 4.78 is 15.1. The largest absolute Gasteiger partial charge is 0.340 e. The first-order valence-electron chi connectivity index (χ1n) is 7.52. The van der Waals surface area contributed by atoms with Crippen LogP contribution in [-0.2, 0) is 0 Å². The molecule has 6 heteroatoms. The molecule has 0 aliphatic rings. The molecule has 1 aromatic heterocycles. The summed E-state index contributed by atoms with van der Waals surface area (Å²) in [6.07, 6.45) is 5.40. The predicted octanol–water partition coefficient (Wildman–Crippen LogP) is 4.87. The summed E-state index contributed by atoms with van der Waals surface area (Å²) in [7, 11) is 0. The average molecular weight is 411 g/mol. The number of halogens is 3. The van der Waals surface area contributed by atoms with E-state index in [0.29, 0.717) is 33.4 Å². The third-order valence-corrected chi connectivity index (χ3v) is 4.79. The van der Waals surface area contributed by atoms with Crippen molar-refractivity contribution in [1.29, 1.82) is 0 Å². The minimum absolute atomic E-state index is 0.268. The molecule has 0 saturated heterocycles. The van der Waals surface area contributed by atoms with Crippen LogP contribution in [-0.4, -0.2) is 9.97 Å². The van der Waals surface area contributed by atoms with Crippen molar-refractivity contribution in [1.82, 2.24) is 9.97 Å². The lowest BCUT2D eigenvalue weighted by Crippen LogP contribution is -2.31. The highest BCUT2D eigenvalue weighted by molar-refractivity contribution is 9.10. The minimum Gasteiger partial charge on any atom is -0.340 e. The number of benzene rings is 1. The maximum Gasteiger partial charge on any atom is 0.141 e. The molecular formula is C18H18BrClFN3. The van der Waals surface area contributed by atoms with Crippen molar-refractivity contribution in [3.05, 3.63) is 56.0 Å². The van der Waals surface area contributed by atoms with Gasteiger partial charge in [-0.1, -0.05) is 24.6 Å². The van der Waals surface area contributed by atoms with Gasteiger partial charge in [0, 0.05) is 15.4 Å². The number of hydrogen-bond donors (Lipinski definition) is 1. The summed E-state index contributed by atoms with van der Waals surface area (Å²) in [4.78, 5) is 8.47. The molecule has 24 heavy (non-hydrogen) atoms. The topological polar surface area (TPSA) is 37.8 Å². The summed E-state index contributed by atoms with van der Waals surface area (Å²) in [5.74, 6) is 0.266. The van der Waals surface area contributed by atoms with E-state index in [4.69, 9.17) is 11.6 Å². The van der Waals surface area contributed by atoms with Crippen molar-refractivity contribution in [2.24, 2.45) is 0 Å². The van der Waals surface area contributed by atoms with E-state index in [1.807, 2.05) is 32.1 Å². The Morgan fingerprint density at radius 2 is 2.12 bits per heavy atom. The summed E-state index contributed by atoms with van der Waals surface area (Å²) in [5, 5.41) is 5.09. The Balaban J connectivity index is 2.59. The fourth-order valence-corrected chi connectivity index (χ4v) is 2.51. The van der Waals surface area contributed by atoms with Crippen LogP contribution in [0.3, 0.4) is 0 Å². The summed E-state index contributed by atoms with van der Waals surface area (Å²) >= 11 is 9.40. The van der Waals surface area contributed by atoms with E-state index < -0.39 is 0 Å². The van der Waals surface area contributed by atoms with Gasteiger partial charge in [0.15, 0.2) is 0 Å². The molecule has 0 amide bonds. The quantitative estimate of drug-likeness (QED) is 0.781. The second-order valence-electron chi connectivity index (χ2n) is 5.19. The zero-order valence-corrected chi connectivity index (χ0v) is 16.0. The molecule has 3 nitrogen and oxygen atoms in total. The van der Waals surface area contributed by atoms with E-state index in [2.05, 4.69) is 31.2 Å². The molecule has 1 N–H and O–H groups in total. The molecule has 0 aliphatic carbocycles. The highest BCUT2D eigenvalue weighted by Crippen LogP contribution is 2.26. The number of nitrogens with zero attached hydrogens (tertiary/aromatic N) is 2. The van der Waals surface area contributed by atoms with Gasteiger partial charge >= 0.3 is 0 Å². The Bertz CT molecular complexity index is 894. The molecule has 0 unspecified atom stereocenters. The maximum atomic E-state index is 14.3. The Kier molecular flexibility index (Phi) is 6.52. The van der Waals surface area contributed by atoms with Gasteiger partial charge in [-0.3, -0.25) is 0 Å². The monoisotopic (exact) mass is 409 g/mol. The van der Waals surface area contributed by atoms with Crippen LogP contribution in [0.4, 0.5) is 15.9 Å². The molecular weight excluding hydrogens is 393 g/mol. The number of hydrogen-bond acceptors (Lipinski definition) is 3. The van der Waals surface area contributed by atoms with E-state index in [-0.39, 0.29) is 5.83 Å². The molecule has 1 aromatic carbocycles. The van der Waals surface area contributed by atoms with Gasteiger partial charge in [-0.15, -0.1) is 0 Å². The third kappa shape index (κ3) is 4.42. The van der Waals surface area contributed by atoms with Gasteiger partial charge < -0.3 is 5.32 Å². The summed E-state index contributed by atoms with van der Waals surface area (Å²) in [5.41, 5.74) is 1.47. The van der Waals surface area contributed by atoms with E-state index in [0.717, 1.165) is 10.2 Å².